The van der Waals surface area contributed by atoms with Gasteiger partial charge < -0.3 is 9.84 Å². The minimum Gasteiger partial charge on any atom is -0.463 e. The van der Waals surface area contributed by atoms with Crippen LogP contribution in [0.15, 0.2) is 11.6 Å². The molecule has 0 saturated heterocycles. The van der Waals surface area contributed by atoms with Gasteiger partial charge in [0.1, 0.15) is 0 Å². The van der Waals surface area contributed by atoms with Crippen molar-refractivity contribution in [2.24, 2.45) is 0 Å². The first-order chi connectivity index (χ1) is 6.06. The molecule has 1 rings (SSSR count). The number of carbonyl (C=O) groups is 1. The molecule has 3 nitrogen and oxygen atoms in total. The maximum Gasteiger partial charge on any atom is 0.330 e. The lowest BCUT2D eigenvalue weighted by Crippen LogP contribution is -2.22. The van der Waals surface area contributed by atoms with Gasteiger partial charge in [0.05, 0.1) is 12.2 Å². The molecule has 0 aromatic rings. The maximum atomic E-state index is 11.1. The summed E-state index contributed by atoms with van der Waals surface area (Å²) in [7, 11) is 0. The Morgan fingerprint density at radius 3 is 2.92 bits per heavy atom. The maximum absolute atomic E-state index is 11.1. The van der Waals surface area contributed by atoms with Crippen molar-refractivity contribution in [3.63, 3.8) is 0 Å². The molecule has 0 aliphatic heterocycles. The number of hydrogen-bond donors (Lipinski definition) is 1. The summed E-state index contributed by atoms with van der Waals surface area (Å²) in [6, 6.07) is 0. The minimum atomic E-state index is -0.799. The van der Waals surface area contributed by atoms with E-state index in [4.69, 9.17) is 4.74 Å². The molecule has 0 aromatic carbocycles. The molecule has 1 saturated carbocycles. The van der Waals surface area contributed by atoms with Gasteiger partial charge in [-0.1, -0.05) is 0 Å². The number of rotatable bonds is 2. The Bertz CT molecular complexity index is 228. The summed E-state index contributed by atoms with van der Waals surface area (Å²) >= 11 is 0. The normalized spacial score (nSPS) is 30.8. The van der Waals surface area contributed by atoms with Crippen molar-refractivity contribution in [2.45, 2.75) is 38.7 Å². The van der Waals surface area contributed by atoms with E-state index >= 15 is 0 Å². The van der Waals surface area contributed by atoms with Crippen LogP contribution in [0, 0.1) is 0 Å². The zero-order chi connectivity index (χ0) is 9.90. The Balaban J connectivity index is 2.65. The Hall–Kier alpha value is -0.830. The van der Waals surface area contributed by atoms with Crippen LogP contribution >= 0.6 is 0 Å². The van der Waals surface area contributed by atoms with Crippen LogP contribution in [-0.4, -0.2) is 23.3 Å². The van der Waals surface area contributed by atoms with Gasteiger partial charge in [-0.15, -0.1) is 0 Å². The van der Waals surface area contributed by atoms with E-state index in [0.717, 1.165) is 24.8 Å². The summed E-state index contributed by atoms with van der Waals surface area (Å²) in [6.07, 6.45) is 3.90. The lowest BCUT2D eigenvalue weighted by atomic mass is 10.00. The van der Waals surface area contributed by atoms with Crippen LogP contribution < -0.4 is 0 Å². The largest absolute Gasteiger partial charge is 0.463 e. The first-order valence-corrected chi connectivity index (χ1v) is 4.66. The predicted octanol–water partition coefficient (Wildman–Crippen LogP) is 1.41. The van der Waals surface area contributed by atoms with Crippen LogP contribution in [0.5, 0.6) is 0 Å². The number of aliphatic hydroxyl groups is 1. The zero-order valence-corrected chi connectivity index (χ0v) is 8.17. The van der Waals surface area contributed by atoms with E-state index in [1.165, 1.54) is 6.08 Å². The minimum absolute atomic E-state index is 0.348. The first kappa shape index (κ1) is 10.3. The molecule has 0 radical (unpaired) electrons. The van der Waals surface area contributed by atoms with Gasteiger partial charge in [0.25, 0.3) is 0 Å². The fourth-order valence-electron chi connectivity index (χ4n) is 1.61. The summed E-state index contributed by atoms with van der Waals surface area (Å²) in [5.74, 6) is -0.348. The van der Waals surface area contributed by atoms with Gasteiger partial charge in [-0.25, -0.2) is 4.79 Å². The Morgan fingerprint density at radius 1 is 1.77 bits per heavy atom. The highest BCUT2D eigenvalue weighted by molar-refractivity contribution is 5.83. The molecule has 1 N–H and O–H groups in total. The number of carbonyl (C=O) groups excluding carboxylic acids is 1. The highest BCUT2D eigenvalue weighted by Crippen LogP contribution is 2.34. The average Bonchev–Trinajstić information content (AvgIpc) is 2.31. The second kappa shape index (κ2) is 3.92. The van der Waals surface area contributed by atoms with Crippen molar-refractivity contribution < 1.29 is 14.6 Å². The first-order valence-electron chi connectivity index (χ1n) is 4.66. The monoisotopic (exact) mass is 184 g/mol. The Morgan fingerprint density at radius 2 is 2.46 bits per heavy atom. The summed E-state index contributed by atoms with van der Waals surface area (Å²) in [5, 5.41) is 9.80. The zero-order valence-electron chi connectivity index (χ0n) is 8.17. The van der Waals surface area contributed by atoms with Gasteiger partial charge in [-0.05, 0) is 38.7 Å². The van der Waals surface area contributed by atoms with Crippen molar-refractivity contribution in [3.8, 4) is 0 Å². The van der Waals surface area contributed by atoms with Gasteiger partial charge in [0.2, 0.25) is 0 Å². The average molecular weight is 184 g/mol. The van der Waals surface area contributed by atoms with Gasteiger partial charge >= 0.3 is 5.97 Å². The third-order valence-electron chi connectivity index (χ3n) is 2.38. The molecular formula is C10H16O3. The van der Waals surface area contributed by atoms with Gasteiger partial charge in [0.15, 0.2) is 0 Å². The second-order valence-electron chi connectivity index (χ2n) is 3.55. The fraction of sp³-hybridized carbons (Fsp3) is 0.700. The molecule has 3 heteroatoms. The van der Waals surface area contributed by atoms with E-state index < -0.39 is 5.60 Å². The van der Waals surface area contributed by atoms with Crippen molar-refractivity contribution in [1.82, 2.24) is 0 Å². The molecule has 0 bridgehead atoms. The highest BCUT2D eigenvalue weighted by atomic mass is 16.5. The number of hydrogen-bond acceptors (Lipinski definition) is 3. The molecule has 0 amide bonds. The van der Waals surface area contributed by atoms with E-state index in [9.17, 15) is 9.90 Å². The molecule has 1 unspecified atom stereocenters. The predicted molar refractivity (Wildman–Crippen MR) is 49.2 cm³/mol. The topological polar surface area (TPSA) is 46.5 Å². The van der Waals surface area contributed by atoms with E-state index in [-0.39, 0.29) is 5.97 Å². The van der Waals surface area contributed by atoms with Crippen molar-refractivity contribution in [2.75, 3.05) is 6.61 Å². The summed E-state index contributed by atoms with van der Waals surface area (Å²) < 4.78 is 4.77. The van der Waals surface area contributed by atoms with Crippen LogP contribution in [0.25, 0.3) is 0 Å². The molecule has 0 heterocycles. The molecule has 1 atom stereocenters. The van der Waals surface area contributed by atoms with E-state index in [2.05, 4.69) is 0 Å². The number of ether oxygens (including phenoxy) is 1. The summed E-state index contributed by atoms with van der Waals surface area (Å²) in [6.45, 7) is 3.89. The van der Waals surface area contributed by atoms with Gasteiger partial charge in [0, 0.05) is 6.08 Å². The molecule has 74 valence electrons. The third-order valence-corrected chi connectivity index (χ3v) is 2.38. The lowest BCUT2D eigenvalue weighted by molar-refractivity contribution is -0.137. The number of esters is 1. The smallest absolute Gasteiger partial charge is 0.330 e. The molecule has 0 aromatic heterocycles. The van der Waals surface area contributed by atoms with Gasteiger partial charge in [-0.3, -0.25) is 0 Å². The van der Waals surface area contributed by atoms with Gasteiger partial charge in [-0.2, -0.15) is 0 Å². The van der Waals surface area contributed by atoms with Crippen LogP contribution in [0.1, 0.15) is 33.1 Å². The summed E-state index contributed by atoms with van der Waals surface area (Å²) in [4.78, 5) is 11.1. The summed E-state index contributed by atoms with van der Waals surface area (Å²) in [5.41, 5.74) is -0.00167. The Labute approximate surface area is 78.4 Å². The van der Waals surface area contributed by atoms with Crippen LogP contribution in [0.2, 0.25) is 0 Å². The van der Waals surface area contributed by atoms with Crippen LogP contribution in [0.4, 0.5) is 0 Å². The SMILES string of the molecule is CCOC(=O)/C=C1\CCCC1(C)O. The fourth-order valence-corrected chi connectivity index (χ4v) is 1.61. The molecule has 1 aliphatic carbocycles. The van der Waals surface area contributed by atoms with E-state index in [0.29, 0.717) is 6.61 Å². The van der Waals surface area contributed by atoms with Crippen molar-refractivity contribution in [3.05, 3.63) is 11.6 Å². The van der Waals surface area contributed by atoms with Crippen molar-refractivity contribution >= 4 is 5.97 Å². The van der Waals surface area contributed by atoms with E-state index in [1.54, 1.807) is 13.8 Å². The quantitative estimate of drug-likeness (QED) is 0.521. The molecule has 1 fully saturated rings. The molecule has 1 aliphatic rings. The molecule has 0 spiro atoms. The van der Waals surface area contributed by atoms with Crippen LogP contribution in [0.3, 0.4) is 0 Å². The molecule has 13 heavy (non-hydrogen) atoms. The second-order valence-corrected chi connectivity index (χ2v) is 3.55. The van der Waals surface area contributed by atoms with Crippen LogP contribution in [-0.2, 0) is 9.53 Å². The van der Waals surface area contributed by atoms with Crippen molar-refractivity contribution in [1.29, 1.82) is 0 Å². The standard InChI is InChI=1S/C10H16O3/c1-3-13-9(11)7-8-5-4-6-10(8,2)12/h7,12H,3-6H2,1-2H3/b8-7+. The van der Waals surface area contributed by atoms with E-state index in [1.807, 2.05) is 0 Å². The third kappa shape index (κ3) is 2.56. The molecular weight excluding hydrogens is 168 g/mol. The highest BCUT2D eigenvalue weighted by Gasteiger charge is 2.31. The lowest BCUT2D eigenvalue weighted by Gasteiger charge is -2.17. The Kier molecular flexibility index (Phi) is 3.09.